The third-order valence-electron chi connectivity index (χ3n) is 0.844. The zero-order valence-corrected chi connectivity index (χ0v) is 13.5. The summed E-state index contributed by atoms with van der Waals surface area (Å²) >= 11 is 11.6. The molecular formula is C4H4N6S4Zn. The van der Waals surface area contributed by atoms with Gasteiger partial charge in [-0.3, -0.25) is 0 Å². The average molecular weight is 330 g/mol. The third kappa shape index (κ3) is 6.05. The molecule has 2 heterocycles. The van der Waals surface area contributed by atoms with Crippen LogP contribution in [-0.2, 0) is 44.7 Å². The zero-order valence-electron chi connectivity index (χ0n) is 7.28. The van der Waals surface area contributed by atoms with Gasteiger partial charge in [-0.1, -0.05) is 0 Å². The molecule has 11 heteroatoms. The molecule has 0 aliphatic heterocycles. The minimum absolute atomic E-state index is 0. The molecule has 76 valence electrons. The molecule has 0 amide bonds. The minimum atomic E-state index is 0. The molecule has 0 aliphatic rings. The molecule has 0 bridgehead atoms. The SMILES string of the molecule is Nc1nnc([S-])s1.Nc1nnc([S-])s1.[Zn+2]. The van der Waals surface area contributed by atoms with Crippen LogP contribution >= 0.6 is 22.7 Å². The Hall–Kier alpha value is -0.217. The van der Waals surface area contributed by atoms with E-state index in [1.807, 2.05) is 0 Å². The van der Waals surface area contributed by atoms with Crippen LogP contribution in [0.15, 0.2) is 8.68 Å². The van der Waals surface area contributed by atoms with Crippen LogP contribution in [0.25, 0.3) is 0 Å². The summed E-state index contributed by atoms with van der Waals surface area (Å²) in [7, 11) is 0. The Bertz CT molecular complexity index is 330. The molecule has 0 aliphatic carbocycles. The van der Waals surface area contributed by atoms with Crippen molar-refractivity contribution in [2.45, 2.75) is 8.68 Å². The van der Waals surface area contributed by atoms with Gasteiger partial charge >= 0.3 is 19.5 Å². The van der Waals surface area contributed by atoms with Crippen molar-refractivity contribution in [2.75, 3.05) is 11.5 Å². The second-order valence-corrected chi connectivity index (χ2v) is 5.12. The molecule has 2 aromatic rings. The first-order valence-corrected chi connectivity index (χ1v) is 5.55. The predicted octanol–water partition coefficient (Wildman–Crippen LogP) is 0.0497. The monoisotopic (exact) mass is 328 g/mol. The molecule has 0 spiro atoms. The van der Waals surface area contributed by atoms with Crippen LogP contribution in [0.1, 0.15) is 0 Å². The summed E-state index contributed by atoms with van der Waals surface area (Å²) in [5.41, 5.74) is 10.3. The first kappa shape index (κ1) is 14.8. The van der Waals surface area contributed by atoms with E-state index in [1.54, 1.807) is 0 Å². The molecule has 4 N–H and O–H groups in total. The van der Waals surface area contributed by atoms with Gasteiger partial charge in [-0.05, 0) is 8.68 Å². The van der Waals surface area contributed by atoms with Crippen molar-refractivity contribution < 1.29 is 19.5 Å². The number of aromatic nitrogens is 4. The maximum atomic E-state index is 5.16. The summed E-state index contributed by atoms with van der Waals surface area (Å²) in [5, 5.41) is 14.7. The minimum Gasteiger partial charge on any atom is -0.406 e. The largest absolute Gasteiger partial charge is 2.00 e. The van der Waals surface area contributed by atoms with Gasteiger partial charge in [0.25, 0.3) is 0 Å². The molecule has 6 nitrogen and oxygen atoms in total. The number of nitrogen functional groups attached to an aromatic ring is 2. The molecule has 2 rings (SSSR count). The molecule has 0 saturated carbocycles. The van der Waals surface area contributed by atoms with E-state index in [9.17, 15) is 0 Å². The van der Waals surface area contributed by atoms with Crippen LogP contribution < -0.4 is 11.5 Å². The maximum absolute atomic E-state index is 5.16. The fraction of sp³-hybridized carbons (Fsp3) is 0. The smallest absolute Gasteiger partial charge is 0.406 e. The summed E-state index contributed by atoms with van der Waals surface area (Å²) in [6.45, 7) is 0. The van der Waals surface area contributed by atoms with Gasteiger partial charge in [-0.15, -0.1) is 10.2 Å². The van der Waals surface area contributed by atoms with Gasteiger partial charge in [0.2, 0.25) is 0 Å². The summed E-state index contributed by atoms with van der Waals surface area (Å²) in [6, 6.07) is 0. The van der Waals surface area contributed by atoms with E-state index in [2.05, 4.69) is 45.7 Å². The summed E-state index contributed by atoms with van der Waals surface area (Å²) in [5.74, 6) is 0. The van der Waals surface area contributed by atoms with E-state index in [0.717, 1.165) is 0 Å². The second kappa shape index (κ2) is 7.12. The van der Waals surface area contributed by atoms with Crippen molar-refractivity contribution in [3.63, 3.8) is 0 Å². The zero-order chi connectivity index (χ0) is 10.6. The molecule has 0 fully saturated rings. The van der Waals surface area contributed by atoms with E-state index >= 15 is 0 Å². The molecule has 0 aromatic carbocycles. The number of rotatable bonds is 0. The van der Waals surface area contributed by atoms with Gasteiger partial charge < -0.3 is 59.4 Å². The molecule has 2 aromatic heterocycles. The van der Waals surface area contributed by atoms with Crippen LogP contribution in [-0.4, -0.2) is 20.4 Å². The summed E-state index contributed by atoms with van der Waals surface area (Å²) < 4.78 is 0.995. The van der Waals surface area contributed by atoms with Gasteiger partial charge in [-0.25, -0.2) is 0 Å². The van der Waals surface area contributed by atoms with Crippen LogP contribution in [0.4, 0.5) is 10.3 Å². The fourth-order valence-corrected chi connectivity index (χ4v) is 1.72. The van der Waals surface area contributed by atoms with Gasteiger partial charge in [0.1, 0.15) is 10.3 Å². The Labute approximate surface area is 117 Å². The van der Waals surface area contributed by atoms with Crippen LogP contribution in [0.5, 0.6) is 0 Å². The maximum Gasteiger partial charge on any atom is 2.00 e. The number of anilines is 2. The van der Waals surface area contributed by atoms with Crippen molar-refractivity contribution in [3.05, 3.63) is 0 Å². The Morgan fingerprint density at radius 2 is 1.13 bits per heavy atom. The molecule has 0 atom stereocenters. The van der Waals surface area contributed by atoms with E-state index in [-0.39, 0.29) is 19.5 Å². The Morgan fingerprint density at radius 3 is 1.20 bits per heavy atom. The fourth-order valence-electron chi connectivity index (χ4n) is 0.441. The van der Waals surface area contributed by atoms with Crippen molar-refractivity contribution in [3.8, 4) is 0 Å². The number of nitrogens with zero attached hydrogens (tertiary/aromatic N) is 4. The van der Waals surface area contributed by atoms with Gasteiger partial charge in [0, 0.05) is 0 Å². The van der Waals surface area contributed by atoms with Gasteiger partial charge in [0.15, 0.2) is 0 Å². The Kier molecular flexibility index (Phi) is 7.02. The average Bonchev–Trinajstić information content (AvgIpc) is 2.63. The Morgan fingerprint density at radius 1 is 0.800 bits per heavy atom. The molecular weight excluding hydrogens is 326 g/mol. The number of hydrogen-bond acceptors (Lipinski definition) is 10. The van der Waals surface area contributed by atoms with Crippen LogP contribution in [0, 0.1) is 0 Å². The van der Waals surface area contributed by atoms with E-state index < -0.39 is 0 Å². The topological polar surface area (TPSA) is 104 Å². The van der Waals surface area contributed by atoms with Gasteiger partial charge in [0.05, 0.1) is 0 Å². The second-order valence-electron chi connectivity index (χ2n) is 1.81. The third-order valence-corrected chi connectivity index (χ3v) is 2.60. The summed E-state index contributed by atoms with van der Waals surface area (Å²) in [6.07, 6.45) is 0. The van der Waals surface area contributed by atoms with Crippen molar-refractivity contribution >= 4 is 58.2 Å². The van der Waals surface area contributed by atoms with E-state index in [1.165, 1.54) is 22.7 Å². The molecule has 15 heavy (non-hydrogen) atoms. The molecule has 0 unspecified atom stereocenters. The first-order chi connectivity index (χ1) is 6.58. The van der Waals surface area contributed by atoms with Crippen molar-refractivity contribution in [2.24, 2.45) is 0 Å². The van der Waals surface area contributed by atoms with Crippen LogP contribution in [0.3, 0.4) is 0 Å². The van der Waals surface area contributed by atoms with Crippen molar-refractivity contribution in [1.82, 2.24) is 20.4 Å². The first-order valence-electron chi connectivity index (χ1n) is 3.10. The standard InChI is InChI=1S/2C2H3N3S2.Zn/c2*3-1-4-5-2(6)7-1;/h2*(H2,3,4)(H,5,6);/q;;+2/p-2. The summed E-state index contributed by atoms with van der Waals surface area (Å²) in [4.78, 5) is 0. The van der Waals surface area contributed by atoms with Gasteiger partial charge in [-0.2, -0.15) is 10.2 Å². The molecule has 0 radical (unpaired) electrons. The molecule has 0 saturated heterocycles. The van der Waals surface area contributed by atoms with Crippen LogP contribution in [0.2, 0.25) is 0 Å². The normalized spacial score (nSPS) is 8.53. The number of nitrogens with two attached hydrogens (primary N) is 2. The van der Waals surface area contributed by atoms with E-state index in [0.29, 0.717) is 18.9 Å². The van der Waals surface area contributed by atoms with E-state index in [4.69, 9.17) is 11.5 Å². The Balaban J connectivity index is 0.000000245. The predicted molar refractivity (Wildman–Crippen MR) is 59.9 cm³/mol. The number of hydrogen-bond donors (Lipinski definition) is 2. The quantitative estimate of drug-likeness (QED) is 0.516. The van der Waals surface area contributed by atoms with Crippen molar-refractivity contribution in [1.29, 1.82) is 0 Å².